The van der Waals surface area contributed by atoms with Gasteiger partial charge in [-0.15, -0.1) is 0 Å². The molecule has 2 aliphatic heterocycles. The van der Waals surface area contributed by atoms with E-state index in [0.29, 0.717) is 18.7 Å². The quantitative estimate of drug-likeness (QED) is 0.742. The molecular formula is C19H22FN5O2. The second-order valence-electron chi connectivity index (χ2n) is 6.74. The molecule has 2 saturated heterocycles. The van der Waals surface area contributed by atoms with Crippen LogP contribution in [-0.4, -0.2) is 43.7 Å². The molecule has 142 valence electrons. The first-order valence-electron chi connectivity index (χ1n) is 8.99. The summed E-state index contributed by atoms with van der Waals surface area (Å²) in [7, 11) is 1.59. The van der Waals surface area contributed by atoms with Gasteiger partial charge in [-0.3, -0.25) is 20.5 Å². The third kappa shape index (κ3) is 3.58. The van der Waals surface area contributed by atoms with Gasteiger partial charge in [0.2, 0.25) is 0 Å². The largest absolute Gasteiger partial charge is 0.497 e. The van der Waals surface area contributed by atoms with Crippen molar-refractivity contribution in [3.05, 3.63) is 47.9 Å². The van der Waals surface area contributed by atoms with Crippen LogP contribution < -0.4 is 25.8 Å². The van der Waals surface area contributed by atoms with E-state index in [1.165, 1.54) is 11.0 Å². The van der Waals surface area contributed by atoms with E-state index in [-0.39, 0.29) is 17.6 Å². The summed E-state index contributed by atoms with van der Waals surface area (Å²) >= 11 is 0. The Morgan fingerprint density at radius 3 is 2.85 bits per heavy atom. The zero-order valence-electron chi connectivity index (χ0n) is 15.0. The van der Waals surface area contributed by atoms with Crippen LogP contribution in [0.1, 0.15) is 17.9 Å². The lowest BCUT2D eigenvalue weighted by atomic mass is 10.0. The molecule has 8 heteroatoms. The lowest BCUT2D eigenvalue weighted by Gasteiger charge is -2.18. The van der Waals surface area contributed by atoms with Crippen molar-refractivity contribution >= 4 is 17.4 Å². The van der Waals surface area contributed by atoms with Gasteiger partial charge in [-0.1, -0.05) is 6.07 Å². The number of nitrogens with one attached hydrogen (secondary N) is 3. The minimum absolute atomic E-state index is 0.0950. The zero-order chi connectivity index (χ0) is 18.8. The van der Waals surface area contributed by atoms with E-state index in [9.17, 15) is 9.18 Å². The van der Waals surface area contributed by atoms with Crippen LogP contribution in [0, 0.1) is 5.82 Å². The number of carbonyl (C=O) groups is 1. The molecule has 1 atom stereocenters. The van der Waals surface area contributed by atoms with Crippen molar-refractivity contribution in [2.24, 2.45) is 0 Å². The summed E-state index contributed by atoms with van der Waals surface area (Å²) in [5.74, 6) is 0.341. The van der Waals surface area contributed by atoms with Gasteiger partial charge in [0, 0.05) is 43.5 Å². The van der Waals surface area contributed by atoms with E-state index in [2.05, 4.69) is 21.2 Å². The number of nitrogens with zero attached hydrogens (tertiary/aromatic N) is 2. The molecule has 4 rings (SSSR count). The second-order valence-corrected chi connectivity index (χ2v) is 6.74. The number of hydrogen-bond donors (Lipinski definition) is 3. The molecule has 1 aromatic heterocycles. The van der Waals surface area contributed by atoms with Gasteiger partial charge in [-0.25, -0.2) is 9.37 Å². The molecule has 27 heavy (non-hydrogen) atoms. The number of anilines is 2. The molecule has 3 heterocycles. The Morgan fingerprint density at radius 1 is 1.30 bits per heavy atom. The predicted octanol–water partition coefficient (Wildman–Crippen LogP) is 1.64. The summed E-state index contributed by atoms with van der Waals surface area (Å²) in [6.45, 7) is 1.89. The van der Waals surface area contributed by atoms with Gasteiger partial charge < -0.3 is 10.1 Å². The number of ether oxygens (including phenoxy) is 1. The number of carbonyl (C=O) groups excluding carboxylic acids is 1. The van der Waals surface area contributed by atoms with Gasteiger partial charge in [-0.2, -0.15) is 0 Å². The maximum absolute atomic E-state index is 14.6. The Balaban J connectivity index is 1.48. The Kier molecular flexibility index (Phi) is 4.91. The van der Waals surface area contributed by atoms with Crippen molar-refractivity contribution in [2.45, 2.75) is 18.4 Å². The number of pyridine rings is 1. The van der Waals surface area contributed by atoms with Crippen molar-refractivity contribution in [1.29, 1.82) is 0 Å². The van der Waals surface area contributed by atoms with Gasteiger partial charge in [0.05, 0.1) is 7.11 Å². The summed E-state index contributed by atoms with van der Waals surface area (Å²) in [5.41, 5.74) is 7.66. The molecule has 0 aliphatic carbocycles. The van der Waals surface area contributed by atoms with E-state index >= 15 is 0 Å². The van der Waals surface area contributed by atoms with Crippen molar-refractivity contribution in [1.82, 2.24) is 15.8 Å². The number of aromatic nitrogens is 1. The highest BCUT2D eigenvalue weighted by Gasteiger charge is 2.35. The van der Waals surface area contributed by atoms with Crippen LogP contribution in [0.4, 0.5) is 15.9 Å². The minimum Gasteiger partial charge on any atom is -0.497 e. The first kappa shape index (κ1) is 17.7. The highest BCUT2D eigenvalue weighted by Crippen LogP contribution is 2.27. The number of benzene rings is 1. The van der Waals surface area contributed by atoms with Crippen LogP contribution in [0.3, 0.4) is 0 Å². The standard InChI is InChI=1S/C19H22FN5O2/c1-27-15-4-2-3-14(8-15)24-17-5-6-25(19(17)26)18-16(20)7-12(9-21-18)13-10-22-23-11-13/h2-4,7-9,13,17,22-24H,5-6,10-11H2,1H3. The van der Waals surface area contributed by atoms with Crippen LogP contribution in [-0.2, 0) is 4.79 Å². The van der Waals surface area contributed by atoms with E-state index in [1.807, 2.05) is 24.3 Å². The summed E-state index contributed by atoms with van der Waals surface area (Å²) < 4.78 is 19.8. The van der Waals surface area contributed by atoms with Crippen molar-refractivity contribution < 1.29 is 13.9 Å². The SMILES string of the molecule is COc1cccc(NC2CCN(c3ncc(C4CNNC4)cc3F)C2=O)c1. The maximum Gasteiger partial charge on any atom is 0.250 e. The van der Waals surface area contributed by atoms with Gasteiger partial charge in [-0.05, 0) is 30.2 Å². The number of methoxy groups -OCH3 is 1. The molecule has 2 aliphatic rings. The summed E-state index contributed by atoms with van der Waals surface area (Å²) in [4.78, 5) is 18.4. The van der Waals surface area contributed by atoms with E-state index in [1.54, 1.807) is 13.3 Å². The van der Waals surface area contributed by atoms with E-state index in [4.69, 9.17) is 4.74 Å². The van der Waals surface area contributed by atoms with Gasteiger partial charge in [0.25, 0.3) is 5.91 Å². The Morgan fingerprint density at radius 2 is 2.11 bits per heavy atom. The number of rotatable bonds is 5. The number of amides is 1. The number of hydrogen-bond acceptors (Lipinski definition) is 6. The Bertz CT molecular complexity index is 841. The fourth-order valence-corrected chi connectivity index (χ4v) is 3.50. The minimum atomic E-state index is -0.463. The maximum atomic E-state index is 14.6. The van der Waals surface area contributed by atoms with Crippen LogP contribution in [0.25, 0.3) is 0 Å². The van der Waals surface area contributed by atoms with E-state index in [0.717, 1.165) is 24.3 Å². The molecule has 2 fully saturated rings. The third-order valence-electron chi connectivity index (χ3n) is 5.01. The van der Waals surface area contributed by atoms with E-state index < -0.39 is 11.9 Å². The number of hydrazine groups is 1. The van der Waals surface area contributed by atoms with Crippen LogP contribution in [0.15, 0.2) is 36.5 Å². The molecule has 0 spiro atoms. The molecule has 0 bridgehead atoms. The molecular weight excluding hydrogens is 349 g/mol. The first-order valence-corrected chi connectivity index (χ1v) is 8.99. The number of halogens is 1. The van der Waals surface area contributed by atoms with Crippen molar-refractivity contribution in [2.75, 3.05) is 37.0 Å². The second kappa shape index (κ2) is 7.50. The zero-order valence-corrected chi connectivity index (χ0v) is 15.0. The predicted molar refractivity (Wildman–Crippen MR) is 100 cm³/mol. The molecule has 1 unspecified atom stereocenters. The van der Waals surface area contributed by atoms with Crippen molar-refractivity contribution in [3.8, 4) is 5.75 Å². The first-order chi connectivity index (χ1) is 13.2. The van der Waals surface area contributed by atoms with Crippen molar-refractivity contribution in [3.63, 3.8) is 0 Å². The lowest BCUT2D eigenvalue weighted by molar-refractivity contribution is -0.117. The van der Waals surface area contributed by atoms with Gasteiger partial charge in [0.15, 0.2) is 11.6 Å². The molecule has 1 amide bonds. The van der Waals surface area contributed by atoms with Crippen LogP contribution >= 0.6 is 0 Å². The highest BCUT2D eigenvalue weighted by atomic mass is 19.1. The average molecular weight is 371 g/mol. The lowest BCUT2D eigenvalue weighted by Crippen LogP contribution is -2.34. The molecule has 1 aromatic carbocycles. The molecule has 3 N–H and O–H groups in total. The summed E-state index contributed by atoms with van der Waals surface area (Å²) in [6, 6.07) is 8.46. The highest BCUT2D eigenvalue weighted by molar-refractivity contribution is 6.00. The Hall–Kier alpha value is -2.71. The van der Waals surface area contributed by atoms with Crippen LogP contribution in [0.5, 0.6) is 5.75 Å². The fourth-order valence-electron chi connectivity index (χ4n) is 3.50. The summed E-state index contributed by atoms with van der Waals surface area (Å²) in [6.07, 6.45) is 2.24. The molecule has 0 radical (unpaired) electrons. The topological polar surface area (TPSA) is 78.5 Å². The van der Waals surface area contributed by atoms with Gasteiger partial charge in [0.1, 0.15) is 11.8 Å². The normalized spacial score (nSPS) is 20.3. The Labute approximate surface area is 156 Å². The smallest absolute Gasteiger partial charge is 0.250 e. The average Bonchev–Trinajstić information content (AvgIpc) is 3.33. The van der Waals surface area contributed by atoms with Gasteiger partial charge >= 0.3 is 0 Å². The molecule has 0 saturated carbocycles. The monoisotopic (exact) mass is 371 g/mol. The van der Waals surface area contributed by atoms with Crippen LogP contribution in [0.2, 0.25) is 0 Å². The third-order valence-corrected chi connectivity index (χ3v) is 5.01. The molecule has 7 nitrogen and oxygen atoms in total. The molecule has 2 aromatic rings. The fraction of sp³-hybridized carbons (Fsp3) is 0.368. The summed E-state index contributed by atoms with van der Waals surface area (Å²) in [5, 5.41) is 3.20.